The summed E-state index contributed by atoms with van der Waals surface area (Å²) in [7, 11) is 0. The van der Waals surface area contributed by atoms with Crippen LogP contribution in [0.5, 0.6) is 0 Å². The van der Waals surface area contributed by atoms with Gasteiger partial charge in [-0.3, -0.25) is 4.99 Å². The molecule has 1 aliphatic rings. The average Bonchev–Trinajstić information content (AvgIpc) is 3.23. The Morgan fingerprint density at radius 3 is 2.70 bits per heavy atom. The van der Waals surface area contributed by atoms with Crippen molar-refractivity contribution in [2.45, 2.75) is 38.5 Å². The van der Waals surface area contributed by atoms with Crippen LogP contribution >= 0.6 is 0 Å². The first kappa shape index (κ1) is 14.8. The van der Waals surface area contributed by atoms with Crippen LogP contribution in [0.1, 0.15) is 38.7 Å². The Kier molecular flexibility index (Phi) is 4.99. The summed E-state index contributed by atoms with van der Waals surface area (Å²) in [6.07, 6.45) is 3.25. The van der Waals surface area contributed by atoms with E-state index in [9.17, 15) is 4.39 Å². The van der Waals surface area contributed by atoms with E-state index in [1.807, 2.05) is 6.07 Å². The molecule has 0 saturated heterocycles. The first-order valence-electron chi connectivity index (χ1n) is 7.48. The molecule has 1 aliphatic carbocycles. The zero-order chi connectivity index (χ0) is 14.4. The molecule has 0 radical (unpaired) electrons. The number of hydrogen-bond donors (Lipinski definition) is 2. The molecule has 1 aromatic carbocycles. The Hall–Kier alpha value is -1.58. The van der Waals surface area contributed by atoms with E-state index in [1.54, 1.807) is 12.1 Å². The van der Waals surface area contributed by atoms with Gasteiger partial charge in [0.1, 0.15) is 5.82 Å². The van der Waals surface area contributed by atoms with E-state index in [0.717, 1.165) is 50.4 Å². The molecule has 20 heavy (non-hydrogen) atoms. The lowest BCUT2D eigenvalue weighted by Gasteiger charge is -2.15. The summed E-state index contributed by atoms with van der Waals surface area (Å²) in [6.45, 7) is 6.67. The summed E-state index contributed by atoms with van der Waals surface area (Å²) < 4.78 is 13.4. The van der Waals surface area contributed by atoms with Crippen molar-refractivity contribution in [3.05, 3.63) is 35.6 Å². The Morgan fingerprint density at radius 2 is 2.10 bits per heavy atom. The lowest BCUT2D eigenvalue weighted by molar-refractivity contribution is 0.615. The van der Waals surface area contributed by atoms with Gasteiger partial charge >= 0.3 is 0 Å². The minimum Gasteiger partial charge on any atom is -0.357 e. The van der Waals surface area contributed by atoms with Crippen molar-refractivity contribution in [3.8, 4) is 0 Å². The van der Waals surface area contributed by atoms with Gasteiger partial charge in [0.25, 0.3) is 0 Å². The topological polar surface area (TPSA) is 36.4 Å². The van der Waals surface area contributed by atoms with Gasteiger partial charge in [-0.15, -0.1) is 0 Å². The van der Waals surface area contributed by atoms with Crippen molar-refractivity contribution in [2.24, 2.45) is 4.99 Å². The predicted octanol–water partition coefficient (Wildman–Crippen LogP) is 2.82. The highest BCUT2D eigenvalue weighted by molar-refractivity contribution is 5.79. The zero-order valence-corrected chi connectivity index (χ0v) is 12.4. The quantitative estimate of drug-likeness (QED) is 0.619. The number of hydrogen-bond acceptors (Lipinski definition) is 1. The fourth-order valence-electron chi connectivity index (χ4n) is 2.32. The lowest BCUT2D eigenvalue weighted by Crippen LogP contribution is -2.38. The maximum atomic E-state index is 13.4. The summed E-state index contributed by atoms with van der Waals surface area (Å²) in [6, 6.07) is 6.94. The van der Waals surface area contributed by atoms with E-state index in [-0.39, 0.29) is 11.2 Å². The maximum absolute atomic E-state index is 13.4. The monoisotopic (exact) mass is 277 g/mol. The molecule has 1 saturated carbocycles. The van der Waals surface area contributed by atoms with E-state index in [2.05, 4.69) is 29.5 Å². The van der Waals surface area contributed by atoms with Crippen molar-refractivity contribution in [1.29, 1.82) is 0 Å². The van der Waals surface area contributed by atoms with Crippen LogP contribution in [0.4, 0.5) is 4.39 Å². The Morgan fingerprint density at radius 1 is 1.30 bits per heavy atom. The fourth-order valence-corrected chi connectivity index (χ4v) is 2.32. The van der Waals surface area contributed by atoms with Crippen molar-refractivity contribution in [1.82, 2.24) is 10.6 Å². The van der Waals surface area contributed by atoms with Crippen LogP contribution < -0.4 is 10.6 Å². The van der Waals surface area contributed by atoms with E-state index >= 15 is 0 Å². The first-order chi connectivity index (χ1) is 9.70. The molecule has 0 bridgehead atoms. The molecule has 2 N–H and O–H groups in total. The van der Waals surface area contributed by atoms with Crippen LogP contribution in [-0.4, -0.2) is 25.6 Å². The normalized spacial score (nSPS) is 16.9. The third kappa shape index (κ3) is 3.71. The average molecular weight is 277 g/mol. The van der Waals surface area contributed by atoms with Crippen LogP contribution in [-0.2, 0) is 5.41 Å². The Balaban J connectivity index is 2.03. The molecule has 4 heteroatoms. The minimum atomic E-state index is -0.159. The molecule has 1 fully saturated rings. The van der Waals surface area contributed by atoms with Gasteiger partial charge in [0.2, 0.25) is 0 Å². The van der Waals surface area contributed by atoms with E-state index in [1.165, 1.54) is 6.07 Å². The molecule has 1 aromatic rings. The van der Waals surface area contributed by atoms with Gasteiger partial charge in [-0.25, -0.2) is 4.39 Å². The number of aliphatic imine (C=N–C) groups is 1. The first-order valence-corrected chi connectivity index (χ1v) is 7.48. The van der Waals surface area contributed by atoms with Crippen LogP contribution in [0.25, 0.3) is 0 Å². The summed E-state index contributed by atoms with van der Waals surface area (Å²) in [5.41, 5.74) is 1.13. The molecule has 0 unspecified atom stereocenters. The van der Waals surface area contributed by atoms with Crippen molar-refractivity contribution in [2.75, 3.05) is 19.6 Å². The summed E-state index contributed by atoms with van der Waals surface area (Å²) in [5.74, 6) is 0.700. The van der Waals surface area contributed by atoms with Gasteiger partial charge in [-0.1, -0.05) is 19.1 Å². The standard InChI is InChI=1S/C16H24FN3/c1-3-10-19-15(18-4-2)20-12-16(8-9-16)13-6-5-7-14(17)11-13/h5-7,11H,3-4,8-10,12H2,1-2H3,(H2,18,19,20). The number of halogens is 1. The summed E-state index contributed by atoms with van der Waals surface area (Å²) in [4.78, 5) is 4.66. The third-order valence-corrected chi connectivity index (χ3v) is 3.72. The smallest absolute Gasteiger partial charge is 0.191 e. The van der Waals surface area contributed by atoms with E-state index in [4.69, 9.17) is 0 Å². The predicted molar refractivity (Wildman–Crippen MR) is 81.6 cm³/mol. The highest BCUT2D eigenvalue weighted by atomic mass is 19.1. The Labute approximate surface area is 120 Å². The molecule has 0 atom stereocenters. The maximum Gasteiger partial charge on any atom is 0.191 e. The molecule has 2 rings (SSSR count). The number of guanidine groups is 1. The molecular formula is C16H24FN3. The number of nitrogens with one attached hydrogen (secondary N) is 2. The molecular weight excluding hydrogens is 253 g/mol. The van der Waals surface area contributed by atoms with Crippen LogP contribution in [0, 0.1) is 5.82 Å². The van der Waals surface area contributed by atoms with Crippen molar-refractivity contribution in [3.63, 3.8) is 0 Å². The molecule has 3 nitrogen and oxygen atoms in total. The van der Waals surface area contributed by atoms with Crippen LogP contribution in [0.2, 0.25) is 0 Å². The van der Waals surface area contributed by atoms with Crippen molar-refractivity contribution >= 4 is 5.96 Å². The number of rotatable bonds is 6. The lowest BCUT2D eigenvalue weighted by atomic mass is 9.96. The molecule has 110 valence electrons. The summed E-state index contributed by atoms with van der Waals surface area (Å²) in [5, 5.41) is 6.54. The second-order valence-electron chi connectivity index (χ2n) is 5.41. The van der Waals surface area contributed by atoms with E-state index < -0.39 is 0 Å². The fraction of sp³-hybridized carbons (Fsp3) is 0.562. The van der Waals surface area contributed by atoms with Gasteiger partial charge in [0.15, 0.2) is 5.96 Å². The molecule has 0 aliphatic heterocycles. The van der Waals surface area contributed by atoms with Crippen LogP contribution in [0.3, 0.4) is 0 Å². The highest BCUT2D eigenvalue weighted by Crippen LogP contribution is 2.48. The summed E-state index contributed by atoms with van der Waals surface area (Å²) >= 11 is 0. The second kappa shape index (κ2) is 6.73. The van der Waals surface area contributed by atoms with Crippen molar-refractivity contribution < 1.29 is 4.39 Å². The SMILES string of the molecule is CCCNC(=NCC1(c2cccc(F)c2)CC1)NCC. The Bertz CT molecular complexity index is 467. The van der Waals surface area contributed by atoms with Gasteiger partial charge in [-0.05, 0) is 43.9 Å². The van der Waals surface area contributed by atoms with Gasteiger partial charge in [0, 0.05) is 18.5 Å². The van der Waals surface area contributed by atoms with Gasteiger partial charge < -0.3 is 10.6 Å². The van der Waals surface area contributed by atoms with Crippen LogP contribution in [0.15, 0.2) is 29.3 Å². The highest BCUT2D eigenvalue weighted by Gasteiger charge is 2.44. The molecule has 0 heterocycles. The zero-order valence-electron chi connectivity index (χ0n) is 12.4. The van der Waals surface area contributed by atoms with Gasteiger partial charge in [0.05, 0.1) is 6.54 Å². The van der Waals surface area contributed by atoms with Gasteiger partial charge in [-0.2, -0.15) is 0 Å². The minimum absolute atomic E-state index is 0.0522. The van der Waals surface area contributed by atoms with E-state index in [0.29, 0.717) is 0 Å². The molecule has 0 spiro atoms. The number of nitrogens with zero attached hydrogens (tertiary/aromatic N) is 1. The largest absolute Gasteiger partial charge is 0.357 e. The number of benzene rings is 1. The molecule has 0 amide bonds. The molecule has 0 aromatic heterocycles. The second-order valence-corrected chi connectivity index (χ2v) is 5.41. The third-order valence-electron chi connectivity index (χ3n) is 3.72.